The van der Waals surface area contributed by atoms with Crippen LogP contribution < -0.4 is 5.32 Å². The Kier molecular flexibility index (Phi) is 8.51. The van der Waals surface area contributed by atoms with Crippen molar-refractivity contribution in [1.82, 2.24) is 14.7 Å². The van der Waals surface area contributed by atoms with Crippen molar-refractivity contribution in [2.45, 2.75) is 52.9 Å². The number of benzene rings is 1. The van der Waals surface area contributed by atoms with Gasteiger partial charge < -0.3 is 15.0 Å². The van der Waals surface area contributed by atoms with Crippen LogP contribution in [0.4, 0.5) is 10.2 Å². The maximum absolute atomic E-state index is 13.4. The number of halogens is 1. The van der Waals surface area contributed by atoms with E-state index in [0.29, 0.717) is 18.1 Å². The van der Waals surface area contributed by atoms with E-state index in [0.717, 1.165) is 5.69 Å². The Balaban J connectivity index is 2.15. The van der Waals surface area contributed by atoms with Crippen LogP contribution in [-0.4, -0.2) is 52.2 Å². The first-order chi connectivity index (χ1) is 15.0. The topological polar surface area (TPSA) is 93.5 Å². The lowest BCUT2D eigenvalue weighted by atomic mass is 9.92. The molecule has 174 valence electrons. The number of amides is 2. The molecule has 9 heteroatoms. The summed E-state index contributed by atoms with van der Waals surface area (Å²) in [7, 11) is 0. The third-order valence-corrected chi connectivity index (χ3v) is 4.73. The molecule has 0 aliphatic carbocycles. The van der Waals surface area contributed by atoms with Gasteiger partial charge in [0.15, 0.2) is 0 Å². The van der Waals surface area contributed by atoms with Crippen LogP contribution in [0, 0.1) is 5.82 Å². The van der Waals surface area contributed by atoms with Gasteiger partial charge in [-0.05, 0) is 38.1 Å². The first kappa shape index (κ1) is 25.0. The predicted octanol–water partition coefficient (Wildman–Crippen LogP) is 3.44. The van der Waals surface area contributed by atoms with E-state index in [1.54, 1.807) is 32.0 Å². The molecular weight excluding hydrogens is 415 g/mol. The Morgan fingerprint density at radius 2 is 1.78 bits per heavy atom. The number of esters is 1. The zero-order chi connectivity index (χ0) is 23.9. The van der Waals surface area contributed by atoms with Gasteiger partial charge in [0.25, 0.3) is 0 Å². The van der Waals surface area contributed by atoms with Gasteiger partial charge in [0.2, 0.25) is 11.8 Å². The Bertz CT molecular complexity index is 948. The number of nitrogens with one attached hydrogen (secondary N) is 1. The Morgan fingerprint density at radius 1 is 1.12 bits per heavy atom. The van der Waals surface area contributed by atoms with Gasteiger partial charge in [-0.1, -0.05) is 20.8 Å². The molecule has 0 aliphatic heterocycles. The lowest BCUT2D eigenvalue weighted by molar-refractivity contribution is -0.145. The lowest BCUT2D eigenvalue weighted by Crippen LogP contribution is -2.38. The highest BCUT2D eigenvalue weighted by molar-refractivity contribution is 5.94. The first-order valence-corrected chi connectivity index (χ1v) is 10.6. The van der Waals surface area contributed by atoms with Crippen LogP contribution in [0.2, 0.25) is 0 Å². The summed E-state index contributed by atoms with van der Waals surface area (Å²) in [5.41, 5.74) is 1.06. The summed E-state index contributed by atoms with van der Waals surface area (Å²) in [6.45, 7) is 9.85. The molecule has 8 nitrogen and oxygen atoms in total. The number of aromatic nitrogens is 2. The summed E-state index contributed by atoms with van der Waals surface area (Å²) in [4.78, 5) is 38.0. The zero-order valence-corrected chi connectivity index (χ0v) is 19.3. The predicted molar refractivity (Wildman–Crippen MR) is 119 cm³/mol. The Labute approximate surface area is 187 Å². The minimum absolute atomic E-state index is 0.0262. The van der Waals surface area contributed by atoms with Crippen LogP contribution in [0.1, 0.15) is 53.2 Å². The van der Waals surface area contributed by atoms with Crippen LogP contribution in [-0.2, 0) is 24.5 Å². The number of likely N-dealkylation sites (N-methyl/N-ethyl adjacent to an activating group) is 1. The molecule has 0 spiro atoms. The van der Waals surface area contributed by atoms with E-state index >= 15 is 0 Å². The fraction of sp³-hybridized carbons (Fsp3) is 0.478. The highest BCUT2D eigenvalue weighted by Crippen LogP contribution is 2.26. The molecule has 0 atom stereocenters. The summed E-state index contributed by atoms with van der Waals surface area (Å²) in [6.07, 6.45) is -0.0568. The van der Waals surface area contributed by atoms with Crippen LogP contribution in [0.3, 0.4) is 0 Å². The van der Waals surface area contributed by atoms with E-state index in [9.17, 15) is 18.8 Å². The zero-order valence-electron chi connectivity index (χ0n) is 19.3. The highest BCUT2D eigenvalue weighted by Gasteiger charge is 2.23. The van der Waals surface area contributed by atoms with Gasteiger partial charge in [0.05, 0.1) is 31.0 Å². The molecule has 2 aromatic rings. The molecule has 1 aromatic heterocycles. The number of anilines is 1. The average molecular weight is 447 g/mol. The van der Waals surface area contributed by atoms with Crippen LogP contribution in [0.5, 0.6) is 0 Å². The monoisotopic (exact) mass is 446 g/mol. The number of carbonyl (C=O) groups is 3. The molecule has 1 heterocycles. The summed E-state index contributed by atoms with van der Waals surface area (Å²) in [5.74, 6) is -1.11. The number of nitrogens with zero attached hydrogens (tertiary/aromatic N) is 3. The van der Waals surface area contributed by atoms with Crippen molar-refractivity contribution >= 4 is 23.6 Å². The van der Waals surface area contributed by atoms with Gasteiger partial charge in [-0.25, -0.2) is 9.07 Å². The quantitative estimate of drug-likeness (QED) is 0.596. The van der Waals surface area contributed by atoms with Gasteiger partial charge in [0.1, 0.15) is 11.6 Å². The van der Waals surface area contributed by atoms with E-state index in [-0.39, 0.29) is 43.1 Å². The van der Waals surface area contributed by atoms with E-state index in [2.05, 4.69) is 10.4 Å². The fourth-order valence-electron chi connectivity index (χ4n) is 2.95. The van der Waals surface area contributed by atoms with Crippen molar-refractivity contribution in [3.63, 3.8) is 0 Å². The Hall–Kier alpha value is -3.23. The molecule has 32 heavy (non-hydrogen) atoms. The molecule has 1 N–H and O–H groups in total. The summed E-state index contributed by atoms with van der Waals surface area (Å²) < 4.78 is 19.7. The van der Waals surface area contributed by atoms with Crippen molar-refractivity contribution in [1.29, 1.82) is 0 Å². The number of carbonyl (C=O) groups excluding carboxylic acids is 3. The maximum Gasteiger partial charge on any atom is 0.306 e. The smallest absolute Gasteiger partial charge is 0.306 e. The SMILES string of the molecule is CCOC(=O)CCC(=O)N(CC)CC(=O)Nc1cc(C(C)(C)C)nn1-c1ccc(F)cc1. The number of hydrogen-bond acceptors (Lipinski definition) is 5. The van der Waals surface area contributed by atoms with Crippen molar-refractivity contribution in [3.8, 4) is 5.69 Å². The van der Waals surface area contributed by atoms with E-state index in [1.165, 1.54) is 21.7 Å². The minimum Gasteiger partial charge on any atom is -0.466 e. The second kappa shape index (κ2) is 10.9. The maximum atomic E-state index is 13.4. The first-order valence-electron chi connectivity index (χ1n) is 10.6. The molecule has 2 rings (SSSR count). The molecule has 2 amide bonds. The van der Waals surface area contributed by atoms with E-state index in [4.69, 9.17) is 4.74 Å². The minimum atomic E-state index is -0.445. The largest absolute Gasteiger partial charge is 0.466 e. The number of ether oxygens (including phenoxy) is 1. The molecule has 0 radical (unpaired) electrons. The fourth-order valence-corrected chi connectivity index (χ4v) is 2.95. The van der Waals surface area contributed by atoms with Crippen LogP contribution >= 0.6 is 0 Å². The molecule has 0 unspecified atom stereocenters. The van der Waals surface area contributed by atoms with E-state index in [1.807, 2.05) is 20.8 Å². The van der Waals surface area contributed by atoms with Gasteiger partial charge in [-0.3, -0.25) is 14.4 Å². The highest BCUT2D eigenvalue weighted by atomic mass is 19.1. The molecule has 0 saturated heterocycles. The van der Waals surface area contributed by atoms with Crippen LogP contribution in [0.25, 0.3) is 5.69 Å². The molecule has 0 aliphatic rings. The van der Waals surface area contributed by atoms with Crippen molar-refractivity contribution < 1.29 is 23.5 Å². The lowest BCUT2D eigenvalue weighted by Gasteiger charge is -2.20. The van der Waals surface area contributed by atoms with Crippen molar-refractivity contribution in [2.75, 3.05) is 25.0 Å². The third kappa shape index (κ3) is 6.90. The molecule has 0 bridgehead atoms. The summed E-state index contributed by atoms with van der Waals surface area (Å²) >= 11 is 0. The van der Waals surface area contributed by atoms with Crippen molar-refractivity contribution in [2.24, 2.45) is 0 Å². The normalized spacial score (nSPS) is 11.2. The second-order valence-electron chi connectivity index (χ2n) is 8.31. The van der Waals surface area contributed by atoms with Crippen molar-refractivity contribution in [3.05, 3.63) is 41.8 Å². The Morgan fingerprint density at radius 3 is 2.34 bits per heavy atom. The van der Waals surface area contributed by atoms with Gasteiger partial charge in [0, 0.05) is 24.4 Å². The average Bonchev–Trinajstić information content (AvgIpc) is 3.15. The number of rotatable bonds is 9. The van der Waals surface area contributed by atoms with E-state index < -0.39 is 11.9 Å². The van der Waals surface area contributed by atoms with Gasteiger partial charge in [-0.15, -0.1) is 0 Å². The summed E-state index contributed by atoms with van der Waals surface area (Å²) in [6, 6.07) is 7.55. The van der Waals surface area contributed by atoms with Gasteiger partial charge >= 0.3 is 5.97 Å². The third-order valence-electron chi connectivity index (χ3n) is 4.73. The molecule has 0 saturated carbocycles. The second-order valence-corrected chi connectivity index (χ2v) is 8.31. The van der Waals surface area contributed by atoms with Crippen LogP contribution in [0.15, 0.2) is 30.3 Å². The molecule has 0 fully saturated rings. The van der Waals surface area contributed by atoms with Gasteiger partial charge in [-0.2, -0.15) is 5.10 Å². The molecule has 1 aromatic carbocycles. The summed E-state index contributed by atoms with van der Waals surface area (Å²) in [5, 5.41) is 7.39. The molecular formula is C23H31FN4O4. The standard InChI is InChI=1S/C23H31FN4O4/c1-6-27(21(30)12-13-22(31)32-7-2)15-20(29)25-19-14-18(23(3,4)5)26-28(19)17-10-8-16(24)9-11-17/h8-11,14H,6-7,12-13,15H2,1-5H3,(H,25,29). The number of hydrogen-bond donors (Lipinski definition) is 1.